The Labute approximate surface area is 325 Å². The van der Waals surface area contributed by atoms with Gasteiger partial charge in [0.2, 0.25) is 0 Å². The Morgan fingerprint density at radius 2 is 1.00 bits per heavy atom. The molecule has 0 heterocycles. The number of hydrogen-bond donors (Lipinski definition) is 0. The van der Waals surface area contributed by atoms with Crippen LogP contribution in [-0.4, -0.2) is 63.5 Å². The summed E-state index contributed by atoms with van der Waals surface area (Å²) >= 11 is 9.53. The molecular weight excluding hydrogens is 744 g/mol. The molecule has 4 rings (SSSR count). The van der Waals surface area contributed by atoms with Crippen LogP contribution < -0.4 is 15.9 Å². The standard InChI is InChI=1S/C21H38N5Si.C18H15P.CH2Cl2.Cu/c1-15(2)17-13-12-14-18(16(3)4)19(17)22-20(25(5)6)23-21(26(7)8)24-27(9,10)11;1-4-10-16(11-5-1)19(17-12-6-2-7-13-17)18-14-8-3-9-15-18;2-1-3;/h12-16H,1-11H3;1-15H;1H2;/q-1;;;+1/p+1. The van der Waals surface area contributed by atoms with E-state index >= 15 is 0 Å². The molecule has 274 valence electrons. The van der Waals surface area contributed by atoms with Gasteiger partial charge in [-0.25, -0.2) is 4.99 Å². The van der Waals surface area contributed by atoms with Gasteiger partial charge in [-0.15, -0.1) is 23.2 Å². The molecule has 0 aromatic heterocycles. The van der Waals surface area contributed by atoms with Gasteiger partial charge in [0.05, 0.1) is 27.2 Å². The first kappa shape index (κ1) is 45.4. The molecule has 0 spiro atoms. The molecule has 5 nitrogen and oxygen atoms in total. The number of nitrogens with zero attached hydrogens (tertiary/aromatic N) is 5. The van der Waals surface area contributed by atoms with Gasteiger partial charge in [-0.3, -0.25) is 0 Å². The Kier molecular flexibility index (Phi) is 20.9. The maximum absolute atomic E-state index is 5.04. The molecular formula is C40H56Cl2CuN5PSi+. The van der Waals surface area contributed by atoms with Crippen molar-refractivity contribution in [3.05, 3.63) is 125 Å². The van der Waals surface area contributed by atoms with Gasteiger partial charge in [0.25, 0.3) is 0 Å². The molecule has 0 N–H and O–H groups in total. The molecule has 10 heteroatoms. The summed E-state index contributed by atoms with van der Waals surface area (Å²) < 4.78 is 0. The fourth-order valence-corrected chi connectivity index (χ4v) is 8.32. The predicted octanol–water partition coefficient (Wildman–Crippen LogP) is 10.2. The molecule has 50 heavy (non-hydrogen) atoms. The van der Waals surface area contributed by atoms with Crippen LogP contribution in [0.15, 0.2) is 119 Å². The second kappa shape index (κ2) is 23.0. The first-order chi connectivity index (χ1) is 23.2. The van der Waals surface area contributed by atoms with Gasteiger partial charge in [0, 0.05) is 20.1 Å². The van der Waals surface area contributed by atoms with E-state index in [-0.39, 0.29) is 22.4 Å². The molecule has 0 amide bonds. The topological polar surface area (TPSA) is 45.3 Å². The monoisotopic (exact) mass is 798 g/mol. The maximum atomic E-state index is 5.04. The van der Waals surface area contributed by atoms with E-state index in [1.54, 1.807) is 0 Å². The first-order valence-electron chi connectivity index (χ1n) is 16.7. The summed E-state index contributed by atoms with van der Waals surface area (Å²) in [5, 5.41) is 4.50. The molecule has 4 aromatic rings. The third-order valence-corrected chi connectivity index (χ3v) is 10.8. The fraction of sp³-hybridized carbons (Fsp3) is 0.350. The molecule has 0 saturated heterocycles. The van der Waals surface area contributed by atoms with Crippen LogP contribution in [0.2, 0.25) is 19.6 Å². The third kappa shape index (κ3) is 15.3. The van der Waals surface area contributed by atoms with Gasteiger partial charge in [-0.05, 0) is 73.5 Å². The van der Waals surface area contributed by atoms with Crippen molar-refractivity contribution < 1.29 is 17.1 Å². The number of rotatable bonds is 7. The van der Waals surface area contributed by atoms with Crippen molar-refractivity contribution in [3.8, 4) is 0 Å². The van der Waals surface area contributed by atoms with E-state index in [1.807, 2.05) is 38.0 Å². The van der Waals surface area contributed by atoms with Crippen molar-refractivity contribution in [1.82, 2.24) is 9.80 Å². The minimum Gasteiger partial charge on any atom is -0.432 e. The SMILES string of the molecule is CC(C)c1cccc(C(C)C)c1N=C(/N=C(\[N-][Si](C)(C)C)N(C)C)N(C)C.ClCCl.[Cu+].c1ccc([PH+](c2ccccc2)c2ccccc2)cc1. The van der Waals surface area contributed by atoms with E-state index in [1.165, 1.54) is 27.0 Å². The summed E-state index contributed by atoms with van der Waals surface area (Å²) in [6.07, 6.45) is 0. The van der Waals surface area contributed by atoms with Crippen molar-refractivity contribution in [2.24, 2.45) is 9.98 Å². The maximum Gasteiger partial charge on any atom is 1.00 e. The molecule has 0 unspecified atom stereocenters. The predicted molar refractivity (Wildman–Crippen MR) is 226 cm³/mol. The Bertz CT molecular complexity index is 1460. The second-order valence-electron chi connectivity index (χ2n) is 13.6. The largest absolute Gasteiger partial charge is 1.00 e. The van der Waals surface area contributed by atoms with Crippen molar-refractivity contribution in [1.29, 1.82) is 0 Å². The smallest absolute Gasteiger partial charge is 0.432 e. The molecule has 4 aromatic carbocycles. The van der Waals surface area contributed by atoms with Crippen LogP contribution in [0.4, 0.5) is 5.69 Å². The molecule has 0 bridgehead atoms. The number of aliphatic imine (C=N–C) groups is 2. The summed E-state index contributed by atoms with van der Waals surface area (Å²) in [6.45, 7) is 15.5. The van der Waals surface area contributed by atoms with E-state index in [2.05, 4.69) is 157 Å². The molecule has 0 aliphatic rings. The molecule has 0 fully saturated rings. The normalized spacial score (nSPS) is 11.6. The molecule has 0 atom stereocenters. The Balaban J connectivity index is 0.000000473. The number of alkyl halides is 2. The quantitative estimate of drug-likeness (QED) is 0.0615. The van der Waals surface area contributed by atoms with E-state index in [0.29, 0.717) is 17.8 Å². The zero-order valence-corrected chi connectivity index (χ0v) is 36.0. The molecule has 0 aliphatic heterocycles. The average molecular weight is 800 g/mol. The Morgan fingerprint density at radius 1 is 0.640 bits per heavy atom. The average Bonchev–Trinajstić information content (AvgIpc) is 3.05. The van der Waals surface area contributed by atoms with Gasteiger partial charge < -0.3 is 19.8 Å². The number of guanidine groups is 2. The van der Waals surface area contributed by atoms with Gasteiger partial charge in [-0.2, -0.15) is 0 Å². The van der Waals surface area contributed by atoms with Crippen LogP contribution in [0.5, 0.6) is 0 Å². The van der Waals surface area contributed by atoms with Gasteiger partial charge >= 0.3 is 17.1 Å². The Hall–Kier alpha value is -2.63. The summed E-state index contributed by atoms with van der Waals surface area (Å²) in [6, 6.07) is 39.0. The van der Waals surface area contributed by atoms with E-state index in [9.17, 15) is 0 Å². The number of benzene rings is 4. The number of para-hydroxylation sites is 1. The van der Waals surface area contributed by atoms with E-state index in [4.69, 9.17) is 38.2 Å². The fourth-order valence-electron chi connectivity index (χ4n) is 4.89. The third-order valence-electron chi connectivity index (χ3n) is 7.18. The van der Waals surface area contributed by atoms with E-state index < -0.39 is 16.2 Å². The van der Waals surface area contributed by atoms with Crippen molar-refractivity contribution in [3.63, 3.8) is 0 Å². The van der Waals surface area contributed by atoms with Gasteiger partial charge in [0.1, 0.15) is 15.9 Å². The van der Waals surface area contributed by atoms with Crippen LogP contribution in [0, 0.1) is 0 Å². The van der Waals surface area contributed by atoms with E-state index in [0.717, 1.165) is 11.6 Å². The summed E-state index contributed by atoms with van der Waals surface area (Å²) in [7, 11) is 5.40. The summed E-state index contributed by atoms with van der Waals surface area (Å²) in [5.41, 5.74) is 3.55. The van der Waals surface area contributed by atoms with Crippen LogP contribution >= 0.6 is 31.1 Å². The minimum atomic E-state index is -1.66. The van der Waals surface area contributed by atoms with Gasteiger partial charge in [-0.1, -0.05) is 120 Å². The van der Waals surface area contributed by atoms with Crippen LogP contribution in [0.3, 0.4) is 0 Å². The molecule has 0 aliphatic carbocycles. The zero-order chi connectivity index (χ0) is 36.6. The summed E-state index contributed by atoms with van der Waals surface area (Å²) in [4.78, 5) is 18.7. The number of halogens is 2. The van der Waals surface area contributed by atoms with Crippen molar-refractivity contribution in [2.45, 2.75) is 59.2 Å². The van der Waals surface area contributed by atoms with Gasteiger partial charge in [0.15, 0.2) is 5.96 Å². The minimum absolute atomic E-state index is 0. The zero-order valence-electron chi connectivity index (χ0n) is 31.5. The summed E-state index contributed by atoms with van der Waals surface area (Å²) in [5.74, 6) is 2.20. The van der Waals surface area contributed by atoms with Crippen LogP contribution in [0.25, 0.3) is 4.98 Å². The van der Waals surface area contributed by atoms with Crippen LogP contribution in [-0.2, 0) is 17.1 Å². The number of hydrogen-bond acceptors (Lipinski definition) is 1. The van der Waals surface area contributed by atoms with Crippen LogP contribution in [0.1, 0.15) is 50.7 Å². The van der Waals surface area contributed by atoms with Crippen molar-refractivity contribution >= 4 is 72.9 Å². The first-order valence-corrected chi connectivity index (χ1v) is 22.7. The van der Waals surface area contributed by atoms with Crippen molar-refractivity contribution in [2.75, 3.05) is 33.5 Å². The Morgan fingerprint density at radius 3 is 1.28 bits per heavy atom. The second-order valence-corrected chi connectivity index (χ2v) is 21.4. The molecule has 0 saturated carbocycles. The molecule has 0 radical (unpaired) electrons.